The van der Waals surface area contributed by atoms with Gasteiger partial charge in [-0.15, -0.1) is 0 Å². The molecule has 1 N–H and O–H groups in total. The van der Waals surface area contributed by atoms with Gasteiger partial charge >= 0.3 is 5.97 Å². The summed E-state index contributed by atoms with van der Waals surface area (Å²) >= 11 is 0. The molecule has 0 aromatic rings. The van der Waals surface area contributed by atoms with E-state index in [-0.39, 0.29) is 23.4 Å². The summed E-state index contributed by atoms with van der Waals surface area (Å²) in [5.41, 5.74) is 0.108. The van der Waals surface area contributed by atoms with Gasteiger partial charge in [0.1, 0.15) is 0 Å². The van der Waals surface area contributed by atoms with Crippen molar-refractivity contribution in [2.45, 2.75) is 32.8 Å². The molecule has 4 atom stereocenters. The highest BCUT2D eigenvalue weighted by Gasteiger charge is 2.60. The maximum absolute atomic E-state index is 11.5. The number of hydrogen-bond acceptors (Lipinski definition) is 3. The van der Waals surface area contributed by atoms with Crippen LogP contribution in [0.1, 0.15) is 26.7 Å². The fourth-order valence-electron chi connectivity index (χ4n) is 3.33. The molecule has 3 nitrogen and oxygen atoms in total. The van der Waals surface area contributed by atoms with Gasteiger partial charge in [-0.3, -0.25) is 4.79 Å². The molecule has 2 bridgehead atoms. The second-order valence-electron chi connectivity index (χ2n) is 5.20. The van der Waals surface area contributed by atoms with Crippen LogP contribution in [-0.4, -0.2) is 24.3 Å². The van der Waals surface area contributed by atoms with Crippen LogP contribution in [0.4, 0.5) is 0 Å². The van der Waals surface area contributed by atoms with Gasteiger partial charge in [-0.2, -0.15) is 0 Å². The van der Waals surface area contributed by atoms with Crippen LogP contribution in [-0.2, 0) is 9.53 Å². The summed E-state index contributed by atoms with van der Waals surface area (Å²) < 4.78 is 4.78. The van der Waals surface area contributed by atoms with Gasteiger partial charge in [0.25, 0.3) is 0 Å². The quantitative estimate of drug-likeness (QED) is 0.644. The van der Waals surface area contributed by atoms with Crippen LogP contribution in [0.25, 0.3) is 0 Å². The first-order chi connectivity index (χ1) is 6.48. The number of ether oxygens (including phenoxy) is 1. The number of methoxy groups -OCH3 is 1. The molecule has 0 aliphatic heterocycles. The Kier molecular flexibility index (Phi) is 2.11. The zero-order valence-electron chi connectivity index (χ0n) is 8.99. The first kappa shape index (κ1) is 9.97. The van der Waals surface area contributed by atoms with Crippen molar-refractivity contribution in [3.05, 3.63) is 0 Å². The van der Waals surface area contributed by atoms with E-state index in [1.54, 1.807) is 0 Å². The topological polar surface area (TPSA) is 46.5 Å². The molecule has 0 saturated heterocycles. The van der Waals surface area contributed by atoms with Gasteiger partial charge < -0.3 is 9.84 Å². The third kappa shape index (κ3) is 1.11. The first-order valence-electron chi connectivity index (χ1n) is 5.24. The Morgan fingerprint density at radius 3 is 2.43 bits per heavy atom. The number of esters is 1. The lowest BCUT2D eigenvalue weighted by molar-refractivity contribution is -0.192. The monoisotopic (exact) mass is 198 g/mol. The summed E-state index contributed by atoms with van der Waals surface area (Å²) in [6.07, 6.45) is 1.25. The van der Waals surface area contributed by atoms with Crippen LogP contribution >= 0.6 is 0 Å². The lowest BCUT2D eigenvalue weighted by Crippen LogP contribution is -2.60. The molecule has 3 rings (SSSR count). The van der Waals surface area contributed by atoms with Gasteiger partial charge in [-0.25, -0.2) is 0 Å². The van der Waals surface area contributed by atoms with Crippen molar-refractivity contribution in [2.24, 2.45) is 23.2 Å². The second-order valence-corrected chi connectivity index (χ2v) is 5.20. The Morgan fingerprint density at radius 2 is 2.00 bits per heavy atom. The van der Waals surface area contributed by atoms with Gasteiger partial charge in [0.2, 0.25) is 0 Å². The summed E-state index contributed by atoms with van der Waals surface area (Å²) in [7, 11) is 1.42. The van der Waals surface area contributed by atoms with Crippen LogP contribution in [0.3, 0.4) is 0 Å². The highest BCUT2D eigenvalue weighted by molar-refractivity contribution is 5.73. The molecule has 3 fully saturated rings. The summed E-state index contributed by atoms with van der Waals surface area (Å²) in [6, 6.07) is 0. The average molecular weight is 198 g/mol. The van der Waals surface area contributed by atoms with Gasteiger partial charge in [0.15, 0.2) is 0 Å². The summed E-state index contributed by atoms with van der Waals surface area (Å²) in [4.78, 5) is 11.5. The van der Waals surface area contributed by atoms with E-state index in [0.717, 1.165) is 6.42 Å². The minimum absolute atomic E-state index is 0.0880. The van der Waals surface area contributed by atoms with Gasteiger partial charge in [-0.1, -0.05) is 13.8 Å². The Morgan fingerprint density at radius 1 is 1.36 bits per heavy atom. The molecule has 14 heavy (non-hydrogen) atoms. The van der Waals surface area contributed by atoms with Crippen LogP contribution < -0.4 is 0 Å². The maximum atomic E-state index is 11.5. The minimum atomic E-state index is -0.320. The fourth-order valence-corrected chi connectivity index (χ4v) is 3.33. The third-order valence-electron chi connectivity index (χ3n) is 4.37. The molecular formula is C11H18O3. The van der Waals surface area contributed by atoms with Crippen LogP contribution in [0, 0.1) is 23.2 Å². The van der Waals surface area contributed by atoms with E-state index in [9.17, 15) is 9.90 Å². The summed E-state index contributed by atoms with van der Waals surface area (Å²) in [5.74, 6) is 0.548. The molecule has 0 spiro atoms. The van der Waals surface area contributed by atoms with Crippen molar-refractivity contribution in [3.63, 3.8) is 0 Å². The van der Waals surface area contributed by atoms with Crippen molar-refractivity contribution in [1.82, 2.24) is 0 Å². The first-order valence-corrected chi connectivity index (χ1v) is 5.24. The average Bonchev–Trinajstić information content (AvgIpc) is 2.14. The molecule has 3 aliphatic rings. The zero-order chi connectivity index (χ0) is 10.5. The third-order valence-corrected chi connectivity index (χ3v) is 4.37. The van der Waals surface area contributed by atoms with Crippen LogP contribution in [0.5, 0.6) is 0 Å². The van der Waals surface area contributed by atoms with Crippen LogP contribution in [0.2, 0.25) is 0 Å². The summed E-state index contributed by atoms with van der Waals surface area (Å²) in [5, 5.41) is 9.86. The fraction of sp³-hybridized carbons (Fsp3) is 0.909. The molecule has 0 radical (unpaired) electrons. The Hall–Kier alpha value is -0.570. The molecule has 0 heterocycles. The van der Waals surface area contributed by atoms with Crippen molar-refractivity contribution >= 4 is 5.97 Å². The molecular weight excluding hydrogens is 180 g/mol. The number of rotatable bonds is 1. The number of carbonyl (C=O) groups excluding carboxylic acids is 1. The molecule has 3 aliphatic carbocycles. The van der Waals surface area contributed by atoms with Crippen molar-refractivity contribution in [1.29, 1.82) is 0 Å². The summed E-state index contributed by atoms with van der Waals surface area (Å²) in [6.45, 7) is 4.29. The lowest BCUT2D eigenvalue weighted by atomic mass is 9.44. The van der Waals surface area contributed by atoms with E-state index < -0.39 is 0 Å². The maximum Gasteiger partial charge on any atom is 0.309 e. The highest BCUT2D eigenvalue weighted by atomic mass is 16.5. The van der Waals surface area contributed by atoms with E-state index in [2.05, 4.69) is 13.8 Å². The van der Waals surface area contributed by atoms with Crippen molar-refractivity contribution in [2.75, 3.05) is 7.11 Å². The van der Waals surface area contributed by atoms with Gasteiger partial charge in [0.05, 0.1) is 19.1 Å². The predicted molar refractivity (Wildman–Crippen MR) is 51.5 cm³/mol. The Balaban J connectivity index is 2.18. The number of carbonyl (C=O) groups is 1. The number of aliphatic hydroxyl groups is 1. The smallest absolute Gasteiger partial charge is 0.309 e. The van der Waals surface area contributed by atoms with E-state index in [0.29, 0.717) is 18.3 Å². The zero-order valence-corrected chi connectivity index (χ0v) is 8.99. The molecule has 3 heteroatoms. The Bertz CT molecular complexity index is 259. The van der Waals surface area contributed by atoms with Crippen LogP contribution in [0.15, 0.2) is 0 Å². The highest BCUT2D eigenvalue weighted by Crippen LogP contribution is 2.61. The normalized spacial score (nSPS) is 44.0. The standard InChI is InChI=1S/C11H18O3/c1-11(2)7-5-8(11)9(12)4-6(7)10(13)14-3/h6-9,12H,4-5H2,1-3H3. The van der Waals surface area contributed by atoms with Crippen molar-refractivity contribution in [3.8, 4) is 0 Å². The number of aliphatic hydroxyl groups excluding tert-OH is 1. The number of fused-ring (bicyclic) bond motifs is 2. The predicted octanol–water partition coefficient (Wildman–Crippen LogP) is 1.20. The molecule has 0 amide bonds. The SMILES string of the molecule is COC(=O)C1CC(O)C2CC1C2(C)C. The molecule has 0 aromatic carbocycles. The van der Waals surface area contributed by atoms with Crippen molar-refractivity contribution < 1.29 is 14.6 Å². The lowest BCUT2D eigenvalue weighted by Gasteiger charge is -2.60. The molecule has 80 valence electrons. The molecule has 3 saturated carbocycles. The van der Waals surface area contributed by atoms with Gasteiger partial charge in [0, 0.05) is 0 Å². The Labute approximate surface area is 84.4 Å². The largest absolute Gasteiger partial charge is 0.469 e. The molecule has 4 unspecified atom stereocenters. The van der Waals surface area contributed by atoms with E-state index in [1.807, 2.05) is 0 Å². The molecule has 0 aromatic heterocycles. The van der Waals surface area contributed by atoms with E-state index in [1.165, 1.54) is 7.11 Å². The van der Waals surface area contributed by atoms with Gasteiger partial charge in [-0.05, 0) is 30.1 Å². The second kappa shape index (κ2) is 2.96. The number of hydrogen-bond donors (Lipinski definition) is 1. The minimum Gasteiger partial charge on any atom is -0.469 e. The van der Waals surface area contributed by atoms with E-state index in [4.69, 9.17) is 4.74 Å². The van der Waals surface area contributed by atoms with E-state index >= 15 is 0 Å².